The summed E-state index contributed by atoms with van der Waals surface area (Å²) in [7, 11) is 0. The van der Waals surface area contributed by atoms with E-state index in [1.54, 1.807) is 30.3 Å². The van der Waals surface area contributed by atoms with Crippen molar-refractivity contribution in [2.75, 3.05) is 0 Å². The highest BCUT2D eigenvalue weighted by Gasteiger charge is 2.14. The van der Waals surface area contributed by atoms with E-state index in [0.717, 1.165) is 0 Å². The quantitative estimate of drug-likeness (QED) is 0.672. The molecule has 0 saturated heterocycles. The van der Waals surface area contributed by atoms with Gasteiger partial charge in [-0.1, -0.05) is 41.9 Å². The molecular weight excluding hydrogens is 356 g/mol. The highest BCUT2D eigenvalue weighted by atomic mass is 35.5. The normalized spacial score (nSPS) is 10.2. The van der Waals surface area contributed by atoms with Gasteiger partial charge in [-0.2, -0.15) is 0 Å². The van der Waals surface area contributed by atoms with E-state index in [2.05, 4.69) is 10.9 Å². The van der Waals surface area contributed by atoms with Gasteiger partial charge in [0.1, 0.15) is 18.1 Å². The summed E-state index contributed by atoms with van der Waals surface area (Å²) >= 11 is 5.93. The van der Waals surface area contributed by atoms with Crippen molar-refractivity contribution in [3.8, 4) is 5.75 Å². The van der Waals surface area contributed by atoms with Crippen molar-refractivity contribution in [2.24, 2.45) is 0 Å². The van der Waals surface area contributed by atoms with Crippen LogP contribution < -0.4 is 15.6 Å². The Balaban J connectivity index is 1.53. The van der Waals surface area contributed by atoms with Gasteiger partial charge in [-0.05, 0) is 36.4 Å². The van der Waals surface area contributed by atoms with E-state index in [1.807, 2.05) is 30.3 Å². The van der Waals surface area contributed by atoms with Crippen LogP contribution in [0.3, 0.4) is 0 Å². The first-order valence-corrected chi connectivity index (χ1v) is 8.13. The van der Waals surface area contributed by atoms with Crippen molar-refractivity contribution >= 4 is 23.4 Å². The fourth-order valence-corrected chi connectivity index (χ4v) is 2.36. The summed E-state index contributed by atoms with van der Waals surface area (Å²) < 4.78 is 11.0. The number of nitrogens with one attached hydrogen (secondary N) is 2. The Kier molecular flexibility index (Phi) is 5.56. The van der Waals surface area contributed by atoms with Crippen LogP contribution in [0.1, 0.15) is 26.7 Å². The minimum atomic E-state index is -0.587. The van der Waals surface area contributed by atoms with Crippen molar-refractivity contribution in [2.45, 2.75) is 6.61 Å². The van der Waals surface area contributed by atoms with Crippen LogP contribution in [0.15, 0.2) is 71.1 Å². The third-order valence-electron chi connectivity index (χ3n) is 3.42. The Labute approximate surface area is 154 Å². The number of carbonyl (C=O) groups excluding carboxylic acids is 2. The molecule has 7 heteroatoms. The number of para-hydroxylation sites is 1. The van der Waals surface area contributed by atoms with Crippen LogP contribution in [0.25, 0.3) is 0 Å². The standard InChI is InChI=1S/C19H15ClN2O4/c20-16-9-5-4-8-15(16)18(23)21-22-19(24)17-11-10-14(26-17)12-25-13-6-2-1-3-7-13/h1-11H,12H2,(H,21,23)(H,22,24). The molecule has 0 atom stereocenters. The monoisotopic (exact) mass is 370 g/mol. The minimum absolute atomic E-state index is 0.0520. The average Bonchev–Trinajstić information content (AvgIpc) is 3.14. The third kappa shape index (κ3) is 4.43. The smallest absolute Gasteiger partial charge is 0.305 e. The molecule has 1 heterocycles. The van der Waals surface area contributed by atoms with Gasteiger partial charge in [0.15, 0.2) is 5.76 Å². The number of benzene rings is 2. The number of furan rings is 1. The summed E-state index contributed by atoms with van der Waals surface area (Å²) in [4.78, 5) is 24.1. The number of amides is 2. The van der Waals surface area contributed by atoms with Crippen LogP contribution in [-0.2, 0) is 6.61 Å². The van der Waals surface area contributed by atoms with Crippen molar-refractivity contribution < 1.29 is 18.7 Å². The molecule has 2 aromatic carbocycles. The Bertz CT molecular complexity index is 909. The predicted octanol–water partition coefficient (Wildman–Crippen LogP) is 3.59. The first-order valence-electron chi connectivity index (χ1n) is 7.75. The third-order valence-corrected chi connectivity index (χ3v) is 3.75. The van der Waals surface area contributed by atoms with Crippen LogP contribution in [-0.4, -0.2) is 11.8 Å². The Hall–Kier alpha value is -3.25. The molecule has 0 spiro atoms. The fourth-order valence-electron chi connectivity index (χ4n) is 2.14. The fraction of sp³-hybridized carbons (Fsp3) is 0.0526. The lowest BCUT2D eigenvalue weighted by atomic mass is 10.2. The number of halogens is 1. The lowest BCUT2D eigenvalue weighted by Crippen LogP contribution is -2.41. The second kappa shape index (κ2) is 8.22. The lowest BCUT2D eigenvalue weighted by Gasteiger charge is -2.07. The van der Waals surface area contributed by atoms with E-state index in [1.165, 1.54) is 6.07 Å². The number of hydrogen-bond acceptors (Lipinski definition) is 4. The topological polar surface area (TPSA) is 80.6 Å². The van der Waals surface area contributed by atoms with E-state index in [4.69, 9.17) is 20.8 Å². The van der Waals surface area contributed by atoms with Crippen LogP contribution >= 0.6 is 11.6 Å². The van der Waals surface area contributed by atoms with Crippen molar-refractivity contribution in [3.05, 3.63) is 88.8 Å². The van der Waals surface area contributed by atoms with Crippen LogP contribution in [0.2, 0.25) is 5.02 Å². The van der Waals surface area contributed by atoms with Gasteiger partial charge >= 0.3 is 5.91 Å². The molecule has 0 radical (unpaired) electrons. The van der Waals surface area contributed by atoms with E-state index < -0.39 is 11.8 Å². The predicted molar refractivity (Wildman–Crippen MR) is 95.9 cm³/mol. The molecule has 2 amide bonds. The number of hydrazine groups is 1. The molecule has 3 rings (SSSR count). The van der Waals surface area contributed by atoms with Gasteiger partial charge < -0.3 is 9.15 Å². The van der Waals surface area contributed by atoms with Crippen LogP contribution in [0.5, 0.6) is 5.75 Å². The molecule has 0 aliphatic carbocycles. The Morgan fingerprint density at radius 2 is 1.58 bits per heavy atom. The molecule has 26 heavy (non-hydrogen) atoms. The van der Waals surface area contributed by atoms with Gasteiger partial charge in [0.2, 0.25) is 0 Å². The van der Waals surface area contributed by atoms with Crippen LogP contribution in [0, 0.1) is 0 Å². The highest BCUT2D eigenvalue weighted by Crippen LogP contribution is 2.15. The Morgan fingerprint density at radius 3 is 2.35 bits per heavy atom. The van der Waals surface area contributed by atoms with E-state index in [-0.39, 0.29) is 23.0 Å². The zero-order valence-electron chi connectivity index (χ0n) is 13.6. The summed E-state index contributed by atoms with van der Waals surface area (Å²) in [6, 6.07) is 18.9. The lowest BCUT2D eigenvalue weighted by molar-refractivity contribution is 0.0828. The van der Waals surface area contributed by atoms with Crippen LogP contribution in [0.4, 0.5) is 0 Å². The SMILES string of the molecule is O=C(NNC(=O)c1ccccc1Cl)c1ccc(COc2ccccc2)o1. The molecular formula is C19H15ClN2O4. The molecule has 0 unspecified atom stereocenters. The summed E-state index contributed by atoms with van der Waals surface area (Å²) in [6.45, 7) is 0.184. The molecule has 6 nitrogen and oxygen atoms in total. The molecule has 132 valence electrons. The maximum atomic E-state index is 12.1. The van der Waals surface area contributed by atoms with Gasteiger partial charge in [-0.3, -0.25) is 20.4 Å². The first-order chi connectivity index (χ1) is 12.6. The largest absolute Gasteiger partial charge is 0.486 e. The van der Waals surface area contributed by atoms with Crippen molar-refractivity contribution in [3.63, 3.8) is 0 Å². The van der Waals surface area contributed by atoms with Gasteiger partial charge in [-0.15, -0.1) is 0 Å². The van der Waals surface area contributed by atoms with Gasteiger partial charge in [0.05, 0.1) is 10.6 Å². The molecule has 0 bridgehead atoms. The molecule has 3 aromatic rings. The Morgan fingerprint density at radius 1 is 0.885 bits per heavy atom. The van der Waals surface area contributed by atoms with E-state index in [9.17, 15) is 9.59 Å². The zero-order valence-corrected chi connectivity index (χ0v) is 14.3. The molecule has 0 aliphatic rings. The maximum absolute atomic E-state index is 12.1. The summed E-state index contributed by atoms with van der Waals surface area (Å²) in [6.07, 6.45) is 0. The van der Waals surface area contributed by atoms with Gasteiger partial charge in [0, 0.05) is 0 Å². The van der Waals surface area contributed by atoms with Crippen molar-refractivity contribution in [1.82, 2.24) is 10.9 Å². The average molecular weight is 371 g/mol. The van der Waals surface area contributed by atoms with Gasteiger partial charge in [-0.25, -0.2) is 0 Å². The van der Waals surface area contributed by atoms with Gasteiger partial charge in [0.25, 0.3) is 5.91 Å². The van der Waals surface area contributed by atoms with E-state index >= 15 is 0 Å². The molecule has 0 fully saturated rings. The number of carbonyl (C=O) groups is 2. The maximum Gasteiger partial charge on any atom is 0.305 e. The molecule has 2 N–H and O–H groups in total. The minimum Gasteiger partial charge on any atom is -0.486 e. The molecule has 1 aromatic heterocycles. The second-order valence-corrected chi connectivity index (χ2v) is 5.66. The highest BCUT2D eigenvalue weighted by molar-refractivity contribution is 6.33. The molecule has 0 saturated carbocycles. The zero-order chi connectivity index (χ0) is 18.4. The summed E-state index contributed by atoms with van der Waals surface area (Å²) in [5.41, 5.74) is 4.83. The summed E-state index contributed by atoms with van der Waals surface area (Å²) in [5, 5.41) is 0.289. The number of ether oxygens (including phenoxy) is 1. The second-order valence-electron chi connectivity index (χ2n) is 5.26. The number of hydrogen-bond donors (Lipinski definition) is 2. The molecule has 0 aliphatic heterocycles. The van der Waals surface area contributed by atoms with Crippen molar-refractivity contribution in [1.29, 1.82) is 0 Å². The van der Waals surface area contributed by atoms with E-state index in [0.29, 0.717) is 11.5 Å². The summed E-state index contributed by atoms with van der Waals surface area (Å²) in [5.74, 6) is 0.119. The number of rotatable bonds is 5. The first kappa shape index (κ1) is 17.6.